The zero-order valence-electron chi connectivity index (χ0n) is 11.0. The fraction of sp³-hybridized carbons (Fsp3) is 0.429. The maximum Gasteiger partial charge on any atom is 0.244 e. The average molecular weight is 261 g/mol. The number of benzene rings is 1. The minimum atomic E-state index is -0.736. The van der Waals surface area contributed by atoms with Crippen LogP contribution < -0.4 is 16.4 Å². The first-order chi connectivity index (χ1) is 9.05. The fourth-order valence-corrected chi connectivity index (χ4v) is 2.09. The highest BCUT2D eigenvalue weighted by molar-refractivity contribution is 5.99. The van der Waals surface area contributed by atoms with Crippen LogP contribution in [0.5, 0.6) is 0 Å². The van der Waals surface area contributed by atoms with Crippen molar-refractivity contribution < 1.29 is 9.59 Å². The van der Waals surface area contributed by atoms with Gasteiger partial charge in [0.25, 0.3) is 0 Å². The van der Waals surface area contributed by atoms with Crippen LogP contribution in [0, 0.1) is 0 Å². The SMILES string of the molecule is CNC(=O)Cc1ccccc1NC(=O)C1(N)CCC1. The number of nitrogens with one attached hydrogen (secondary N) is 2. The molecule has 4 N–H and O–H groups in total. The molecule has 0 atom stereocenters. The molecule has 2 amide bonds. The molecule has 0 saturated heterocycles. The number of carbonyl (C=O) groups is 2. The van der Waals surface area contributed by atoms with Gasteiger partial charge in [0.1, 0.15) is 0 Å². The van der Waals surface area contributed by atoms with Gasteiger partial charge in [-0.05, 0) is 30.9 Å². The Kier molecular flexibility index (Phi) is 3.85. The lowest BCUT2D eigenvalue weighted by Crippen LogP contribution is -2.56. The van der Waals surface area contributed by atoms with Gasteiger partial charge < -0.3 is 16.4 Å². The van der Waals surface area contributed by atoms with Crippen molar-refractivity contribution in [1.82, 2.24) is 5.32 Å². The van der Waals surface area contributed by atoms with Crippen LogP contribution >= 0.6 is 0 Å². The van der Waals surface area contributed by atoms with Gasteiger partial charge in [-0.25, -0.2) is 0 Å². The molecule has 0 heterocycles. The second-order valence-electron chi connectivity index (χ2n) is 4.97. The van der Waals surface area contributed by atoms with E-state index in [2.05, 4.69) is 10.6 Å². The first kappa shape index (κ1) is 13.5. The number of likely N-dealkylation sites (N-methyl/N-ethyl adjacent to an activating group) is 1. The highest BCUT2D eigenvalue weighted by Crippen LogP contribution is 2.30. The molecule has 2 rings (SSSR count). The molecule has 0 radical (unpaired) electrons. The summed E-state index contributed by atoms with van der Waals surface area (Å²) < 4.78 is 0. The third-order valence-electron chi connectivity index (χ3n) is 3.59. The van der Waals surface area contributed by atoms with Crippen molar-refractivity contribution >= 4 is 17.5 Å². The lowest BCUT2D eigenvalue weighted by Gasteiger charge is -2.36. The van der Waals surface area contributed by atoms with Crippen LogP contribution in [0.2, 0.25) is 0 Å². The zero-order chi connectivity index (χ0) is 13.9. The van der Waals surface area contributed by atoms with Gasteiger partial charge in [0, 0.05) is 12.7 Å². The van der Waals surface area contributed by atoms with Crippen molar-refractivity contribution in [2.75, 3.05) is 12.4 Å². The molecule has 0 unspecified atom stereocenters. The molecule has 0 aliphatic heterocycles. The molecule has 0 spiro atoms. The normalized spacial score (nSPS) is 16.3. The van der Waals surface area contributed by atoms with Gasteiger partial charge in [0.2, 0.25) is 11.8 Å². The maximum atomic E-state index is 12.1. The Bertz CT molecular complexity index is 495. The van der Waals surface area contributed by atoms with Crippen molar-refractivity contribution in [3.8, 4) is 0 Å². The van der Waals surface area contributed by atoms with Crippen LogP contribution in [0.4, 0.5) is 5.69 Å². The van der Waals surface area contributed by atoms with E-state index in [4.69, 9.17) is 5.73 Å². The monoisotopic (exact) mass is 261 g/mol. The van der Waals surface area contributed by atoms with E-state index in [1.807, 2.05) is 18.2 Å². The molecule has 1 aliphatic rings. The van der Waals surface area contributed by atoms with Gasteiger partial charge in [0.15, 0.2) is 0 Å². The molecule has 1 aromatic rings. The molecule has 1 aromatic carbocycles. The van der Waals surface area contributed by atoms with Crippen LogP contribution in [0.15, 0.2) is 24.3 Å². The van der Waals surface area contributed by atoms with Crippen LogP contribution in [0.1, 0.15) is 24.8 Å². The summed E-state index contributed by atoms with van der Waals surface area (Å²) in [5.41, 5.74) is 6.69. The number of nitrogens with two attached hydrogens (primary N) is 1. The Morgan fingerprint density at radius 1 is 1.32 bits per heavy atom. The first-order valence-corrected chi connectivity index (χ1v) is 6.44. The molecule has 5 nitrogen and oxygen atoms in total. The van der Waals surface area contributed by atoms with Crippen molar-refractivity contribution in [1.29, 1.82) is 0 Å². The Balaban J connectivity index is 2.11. The lowest BCUT2D eigenvalue weighted by molar-refractivity contribution is -0.124. The van der Waals surface area contributed by atoms with Crippen molar-refractivity contribution in [2.24, 2.45) is 5.73 Å². The topological polar surface area (TPSA) is 84.2 Å². The summed E-state index contributed by atoms with van der Waals surface area (Å²) >= 11 is 0. The van der Waals surface area contributed by atoms with Crippen LogP contribution in [0.3, 0.4) is 0 Å². The lowest BCUT2D eigenvalue weighted by atomic mass is 9.77. The van der Waals surface area contributed by atoms with E-state index < -0.39 is 5.54 Å². The fourth-order valence-electron chi connectivity index (χ4n) is 2.09. The molecule has 1 saturated carbocycles. The van der Waals surface area contributed by atoms with Gasteiger partial charge in [-0.2, -0.15) is 0 Å². The van der Waals surface area contributed by atoms with Crippen molar-refractivity contribution in [3.05, 3.63) is 29.8 Å². The van der Waals surface area contributed by atoms with Gasteiger partial charge >= 0.3 is 0 Å². The summed E-state index contributed by atoms with van der Waals surface area (Å²) in [7, 11) is 1.59. The summed E-state index contributed by atoms with van der Waals surface area (Å²) in [5, 5.41) is 5.41. The van der Waals surface area contributed by atoms with E-state index in [0.29, 0.717) is 5.69 Å². The van der Waals surface area contributed by atoms with Gasteiger partial charge in [-0.3, -0.25) is 9.59 Å². The van der Waals surface area contributed by atoms with E-state index in [1.54, 1.807) is 13.1 Å². The highest BCUT2D eigenvalue weighted by Gasteiger charge is 2.40. The summed E-state index contributed by atoms with van der Waals surface area (Å²) in [6, 6.07) is 7.29. The van der Waals surface area contributed by atoms with E-state index >= 15 is 0 Å². The number of para-hydroxylation sites is 1. The summed E-state index contributed by atoms with van der Waals surface area (Å²) in [6.45, 7) is 0. The third kappa shape index (κ3) is 2.93. The molecule has 5 heteroatoms. The second-order valence-corrected chi connectivity index (χ2v) is 4.97. The van der Waals surface area contributed by atoms with Crippen molar-refractivity contribution in [2.45, 2.75) is 31.2 Å². The average Bonchev–Trinajstić information content (AvgIpc) is 2.37. The highest BCUT2D eigenvalue weighted by atomic mass is 16.2. The second kappa shape index (κ2) is 5.40. The van der Waals surface area contributed by atoms with Gasteiger partial charge in [-0.15, -0.1) is 0 Å². The number of amides is 2. The predicted molar refractivity (Wildman–Crippen MR) is 73.6 cm³/mol. The molecule has 1 aliphatic carbocycles. The summed E-state index contributed by atoms with van der Waals surface area (Å²) in [4.78, 5) is 23.5. The number of anilines is 1. The number of hydrogen-bond donors (Lipinski definition) is 3. The summed E-state index contributed by atoms with van der Waals surface area (Å²) in [5.74, 6) is -0.254. The number of rotatable bonds is 4. The predicted octanol–water partition coefficient (Wildman–Crippen LogP) is 0.795. The van der Waals surface area contributed by atoms with E-state index in [1.165, 1.54) is 0 Å². The third-order valence-corrected chi connectivity index (χ3v) is 3.59. The minimum Gasteiger partial charge on any atom is -0.359 e. The standard InChI is InChI=1S/C14H19N3O2/c1-16-12(18)9-10-5-2-3-6-11(10)17-13(19)14(15)7-4-8-14/h2-3,5-6H,4,7-9,15H2,1H3,(H,16,18)(H,17,19). The van der Waals surface area contributed by atoms with E-state index in [9.17, 15) is 9.59 Å². The quantitative estimate of drug-likeness (QED) is 0.749. The largest absolute Gasteiger partial charge is 0.359 e. The molecule has 102 valence electrons. The summed E-state index contributed by atoms with van der Waals surface area (Å²) in [6.07, 6.45) is 2.67. The van der Waals surface area contributed by atoms with E-state index in [-0.39, 0.29) is 18.2 Å². The maximum absolute atomic E-state index is 12.1. The zero-order valence-corrected chi connectivity index (χ0v) is 11.0. The molecule has 1 fully saturated rings. The Labute approximate surface area is 112 Å². The first-order valence-electron chi connectivity index (χ1n) is 6.44. The van der Waals surface area contributed by atoms with Gasteiger partial charge in [0.05, 0.1) is 12.0 Å². The Hall–Kier alpha value is -1.88. The molecule has 0 aromatic heterocycles. The molecular formula is C14H19N3O2. The Morgan fingerprint density at radius 2 is 2.00 bits per heavy atom. The minimum absolute atomic E-state index is 0.0900. The Morgan fingerprint density at radius 3 is 2.58 bits per heavy atom. The van der Waals surface area contributed by atoms with E-state index in [0.717, 1.165) is 24.8 Å². The molecular weight excluding hydrogens is 242 g/mol. The van der Waals surface area contributed by atoms with Crippen LogP contribution in [-0.2, 0) is 16.0 Å². The molecule has 19 heavy (non-hydrogen) atoms. The molecule has 0 bridgehead atoms. The smallest absolute Gasteiger partial charge is 0.244 e. The number of hydrogen-bond acceptors (Lipinski definition) is 3. The van der Waals surface area contributed by atoms with Crippen molar-refractivity contribution in [3.63, 3.8) is 0 Å². The van der Waals surface area contributed by atoms with Crippen LogP contribution in [-0.4, -0.2) is 24.4 Å². The van der Waals surface area contributed by atoms with Gasteiger partial charge in [-0.1, -0.05) is 18.2 Å². The van der Waals surface area contributed by atoms with Crippen LogP contribution in [0.25, 0.3) is 0 Å². The number of carbonyl (C=O) groups excluding carboxylic acids is 2.